The molecule has 21 heavy (non-hydrogen) atoms. The lowest BCUT2D eigenvalue weighted by Gasteiger charge is -2.08. The van der Waals surface area contributed by atoms with Crippen LogP contribution in [0.25, 0.3) is 0 Å². The third-order valence-electron chi connectivity index (χ3n) is 3.02. The summed E-state index contributed by atoms with van der Waals surface area (Å²) in [5.74, 6) is -0.0223. The summed E-state index contributed by atoms with van der Waals surface area (Å²) in [6.45, 7) is 0.223. The van der Waals surface area contributed by atoms with E-state index in [1.54, 1.807) is 0 Å². The van der Waals surface area contributed by atoms with Gasteiger partial charge in [-0.1, -0.05) is 11.6 Å². The number of amides is 1. The number of benzene rings is 1. The summed E-state index contributed by atoms with van der Waals surface area (Å²) in [6.07, 6.45) is 2.88. The Bertz CT molecular complexity index is 632. The molecule has 1 aromatic carbocycles. The van der Waals surface area contributed by atoms with Crippen molar-refractivity contribution in [1.29, 1.82) is 0 Å². The second-order valence-electron chi connectivity index (χ2n) is 4.92. The second-order valence-corrected chi connectivity index (χ2v) is 7.95. The van der Waals surface area contributed by atoms with Crippen molar-refractivity contribution in [2.24, 2.45) is 0 Å². The van der Waals surface area contributed by atoms with E-state index in [0.29, 0.717) is 28.4 Å². The summed E-state index contributed by atoms with van der Waals surface area (Å²) in [5.41, 5.74) is 0. The quantitative estimate of drug-likeness (QED) is 0.696. The van der Waals surface area contributed by atoms with Crippen molar-refractivity contribution >= 4 is 43.5 Å². The van der Waals surface area contributed by atoms with E-state index >= 15 is 0 Å². The van der Waals surface area contributed by atoms with Gasteiger partial charge in [0.2, 0.25) is 15.9 Å². The first-order valence-corrected chi connectivity index (χ1v) is 9.28. The van der Waals surface area contributed by atoms with Gasteiger partial charge in [0.25, 0.3) is 0 Å². The second kappa shape index (κ2) is 7.09. The summed E-state index contributed by atoms with van der Waals surface area (Å²) >= 11 is 9.02. The molecule has 0 heterocycles. The van der Waals surface area contributed by atoms with Crippen molar-refractivity contribution in [3.63, 3.8) is 0 Å². The maximum absolute atomic E-state index is 12.1. The van der Waals surface area contributed by atoms with Gasteiger partial charge in [0.1, 0.15) is 0 Å². The maximum Gasteiger partial charge on any atom is 0.240 e. The van der Waals surface area contributed by atoms with E-state index in [-0.39, 0.29) is 17.3 Å². The summed E-state index contributed by atoms with van der Waals surface area (Å²) in [6, 6.07) is 4.74. The van der Waals surface area contributed by atoms with Gasteiger partial charge < -0.3 is 5.32 Å². The Morgan fingerprint density at radius 3 is 2.71 bits per heavy atom. The minimum Gasteiger partial charge on any atom is -0.353 e. The van der Waals surface area contributed by atoms with Gasteiger partial charge in [0.15, 0.2) is 0 Å². The van der Waals surface area contributed by atoms with Gasteiger partial charge in [0.05, 0.1) is 9.92 Å². The molecule has 5 nitrogen and oxygen atoms in total. The molecule has 0 saturated heterocycles. The van der Waals surface area contributed by atoms with Crippen molar-refractivity contribution in [2.45, 2.75) is 36.6 Å². The standard InChI is InChI=1S/C13H16BrClN2O3S/c14-11-8-10(5-6-12(11)15)21(19,20)16-7-1-2-13(18)17-9-3-4-9/h5-6,8-9,16H,1-4,7H2,(H,17,18). The first-order valence-electron chi connectivity index (χ1n) is 6.62. The normalized spacial score (nSPS) is 15.0. The third kappa shape index (κ3) is 5.25. The number of sulfonamides is 1. The number of hydrogen-bond acceptors (Lipinski definition) is 3. The zero-order chi connectivity index (χ0) is 15.5. The average molecular weight is 396 g/mol. The van der Waals surface area contributed by atoms with Crippen molar-refractivity contribution in [3.8, 4) is 0 Å². The molecule has 0 atom stereocenters. The molecular formula is C13H16BrClN2O3S. The molecule has 1 aliphatic rings. The fourth-order valence-corrected chi connectivity index (χ4v) is 3.46. The summed E-state index contributed by atoms with van der Waals surface area (Å²) in [7, 11) is -3.58. The molecule has 2 rings (SSSR count). The molecule has 8 heteroatoms. The van der Waals surface area contributed by atoms with E-state index < -0.39 is 10.0 Å². The molecule has 2 N–H and O–H groups in total. The van der Waals surface area contributed by atoms with Crippen LogP contribution in [0.4, 0.5) is 0 Å². The third-order valence-corrected chi connectivity index (χ3v) is 5.69. The lowest BCUT2D eigenvalue weighted by molar-refractivity contribution is -0.121. The number of carbonyl (C=O) groups excluding carboxylic acids is 1. The molecule has 0 bridgehead atoms. The molecule has 116 valence electrons. The van der Waals surface area contributed by atoms with Crippen LogP contribution in [0.15, 0.2) is 27.6 Å². The highest BCUT2D eigenvalue weighted by Gasteiger charge is 2.22. The van der Waals surface area contributed by atoms with Crippen LogP contribution < -0.4 is 10.0 Å². The van der Waals surface area contributed by atoms with Gasteiger partial charge in [-0.05, 0) is 53.4 Å². The topological polar surface area (TPSA) is 75.3 Å². The molecule has 1 saturated carbocycles. The summed E-state index contributed by atoms with van der Waals surface area (Å²) < 4.78 is 27.1. The Kier molecular flexibility index (Phi) is 5.65. The zero-order valence-corrected chi connectivity index (χ0v) is 14.4. The monoisotopic (exact) mass is 394 g/mol. The number of halogens is 2. The van der Waals surface area contributed by atoms with E-state index in [1.807, 2.05) is 0 Å². The summed E-state index contributed by atoms with van der Waals surface area (Å²) in [5, 5.41) is 3.31. The lowest BCUT2D eigenvalue weighted by Crippen LogP contribution is -2.28. The van der Waals surface area contributed by atoms with E-state index in [9.17, 15) is 13.2 Å². The van der Waals surface area contributed by atoms with Gasteiger partial charge >= 0.3 is 0 Å². The van der Waals surface area contributed by atoms with Crippen LogP contribution in [0.2, 0.25) is 5.02 Å². The van der Waals surface area contributed by atoms with Crippen molar-refractivity contribution in [3.05, 3.63) is 27.7 Å². The minimum atomic E-state index is -3.58. The number of carbonyl (C=O) groups is 1. The summed E-state index contributed by atoms with van der Waals surface area (Å²) in [4.78, 5) is 11.6. The number of rotatable bonds is 7. The zero-order valence-electron chi connectivity index (χ0n) is 11.2. The van der Waals surface area contributed by atoms with Crippen LogP contribution in [0.5, 0.6) is 0 Å². The molecule has 1 amide bonds. The van der Waals surface area contributed by atoms with Gasteiger partial charge in [0, 0.05) is 23.5 Å². The van der Waals surface area contributed by atoms with E-state index in [2.05, 4.69) is 26.0 Å². The van der Waals surface area contributed by atoms with E-state index in [1.165, 1.54) is 18.2 Å². The highest BCUT2D eigenvalue weighted by atomic mass is 79.9. The fraction of sp³-hybridized carbons (Fsp3) is 0.462. The fourth-order valence-electron chi connectivity index (χ4n) is 1.71. The molecule has 0 aromatic heterocycles. The maximum atomic E-state index is 12.1. The molecule has 0 unspecified atom stereocenters. The Morgan fingerprint density at radius 1 is 1.38 bits per heavy atom. The first-order chi connectivity index (χ1) is 9.88. The highest BCUT2D eigenvalue weighted by molar-refractivity contribution is 9.10. The molecule has 0 spiro atoms. The molecule has 1 aliphatic carbocycles. The molecule has 0 aliphatic heterocycles. The molecule has 0 radical (unpaired) electrons. The van der Waals surface area contributed by atoms with Crippen LogP contribution >= 0.6 is 27.5 Å². The van der Waals surface area contributed by atoms with Crippen molar-refractivity contribution in [2.75, 3.05) is 6.54 Å². The predicted octanol–water partition coefficient (Wildman–Crippen LogP) is 2.44. The van der Waals surface area contributed by atoms with E-state index in [4.69, 9.17) is 11.6 Å². The van der Waals surface area contributed by atoms with E-state index in [0.717, 1.165) is 12.8 Å². The van der Waals surface area contributed by atoms with Crippen LogP contribution in [0, 0.1) is 0 Å². The van der Waals surface area contributed by atoms with Gasteiger partial charge in [-0.3, -0.25) is 4.79 Å². The Labute approximate surface area is 137 Å². The SMILES string of the molecule is O=C(CCCNS(=O)(=O)c1ccc(Cl)c(Br)c1)NC1CC1. The van der Waals surface area contributed by atoms with Gasteiger partial charge in [-0.2, -0.15) is 0 Å². The Balaban J connectivity index is 1.80. The van der Waals surface area contributed by atoms with Crippen molar-refractivity contribution < 1.29 is 13.2 Å². The average Bonchev–Trinajstić information content (AvgIpc) is 3.22. The molecule has 1 aromatic rings. The number of nitrogens with one attached hydrogen (secondary N) is 2. The van der Waals surface area contributed by atoms with Crippen LogP contribution in [-0.2, 0) is 14.8 Å². The Hall–Kier alpha value is -0.630. The predicted molar refractivity (Wildman–Crippen MR) is 84.7 cm³/mol. The molecule has 1 fully saturated rings. The minimum absolute atomic E-state index is 0.0223. The van der Waals surface area contributed by atoms with Crippen LogP contribution in [-0.4, -0.2) is 26.9 Å². The van der Waals surface area contributed by atoms with Gasteiger partial charge in [-0.15, -0.1) is 0 Å². The molecular weight excluding hydrogens is 380 g/mol. The Morgan fingerprint density at radius 2 is 2.10 bits per heavy atom. The largest absolute Gasteiger partial charge is 0.353 e. The first kappa shape index (κ1) is 16.7. The highest BCUT2D eigenvalue weighted by Crippen LogP contribution is 2.25. The van der Waals surface area contributed by atoms with Crippen LogP contribution in [0.1, 0.15) is 25.7 Å². The van der Waals surface area contributed by atoms with Crippen molar-refractivity contribution in [1.82, 2.24) is 10.0 Å². The number of hydrogen-bond donors (Lipinski definition) is 2. The van der Waals surface area contributed by atoms with Crippen LogP contribution in [0.3, 0.4) is 0 Å². The lowest BCUT2D eigenvalue weighted by atomic mass is 10.3. The smallest absolute Gasteiger partial charge is 0.240 e. The van der Waals surface area contributed by atoms with Gasteiger partial charge in [-0.25, -0.2) is 13.1 Å².